The fraction of sp³-hybridized carbons (Fsp3) is 0.200. The summed E-state index contributed by atoms with van der Waals surface area (Å²) >= 11 is 6.26. The predicted molar refractivity (Wildman–Crippen MR) is 69.2 cm³/mol. The molecule has 0 saturated carbocycles. The van der Waals surface area contributed by atoms with Crippen molar-refractivity contribution in [2.45, 2.75) is 20.3 Å². The number of hydrogen-bond donors (Lipinski definition) is 0. The first-order valence-corrected chi connectivity index (χ1v) is 5.93. The van der Waals surface area contributed by atoms with Gasteiger partial charge in [-0.15, -0.1) is 0 Å². The van der Waals surface area contributed by atoms with Gasteiger partial charge in [0.25, 0.3) is 0 Å². The highest BCUT2D eigenvalue weighted by molar-refractivity contribution is 6.31. The Morgan fingerprint density at radius 3 is 2.56 bits per heavy atom. The molecule has 0 saturated heterocycles. The average Bonchev–Trinajstić information content (AvgIpc) is 2.65. The minimum absolute atomic E-state index is 0.882. The number of fused-ring (bicyclic) bond motifs is 3. The number of hydrogen-bond acceptors (Lipinski definition) is 0. The Morgan fingerprint density at radius 2 is 1.75 bits per heavy atom. The van der Waals surface area contributed by atoms with Crippen LogP contribution < -0.4 is 0 Å². The van der Waals surface area contributed by atoms with Crippen molar-refractivity contribution >= 4 is 11.6 Å². The molecule has 80 valence electrons. The first-order valence-electron chi connectivity index (χ1n) is 5.55. The summed E-state index contributed by atoms with van der Waals surface area (Å²) < 4.78 is 0. The highest BCUT2D eigenvalue weighted by Gasteiger charge is 2.21. The maximum atomic E-state index is 6.26. The molecule has 0 radical (unpaired) electrons. The van der Waals surface area contributed by atoms with E-state index in [4.69, 9.17) is 11.6 Å². The highest BCUT2D eigenvalue weighted by atomic mass is 35.5. The topological polar surface area (TPSA) is 0 Å². The van der Waals surface area contributed by atoms with Crippen molar-refractivity contribution < 1.29 is 0 Å². The molecule has 0 heterocycles. The van der Waals surface area contributed by atoms with E-state index >= 15 is 0 Å². The van der Waals surface area contributed by atoms with E-state index in [0.29, 0.717) is 0 Å². The van der Waals surface area contributed by atoms with Crippen LogP contribution in [0.4, 0.5) is 0 Å². The van der Waals surface area contributed by atoms with Crippen LogP contribution in [0.5, 0.6) is 0 Å². The van der Waals surface area contributed by atoms with Gasteiger partial charge in [-0.2, -0.15) is 0 Å². The average molecular weight is 229 g/mol. The van der Waals surface area contributed by atoms with Crippen LogP contribution in [0.15, 0.2) is 30.3 Å². The van der Waals surface area contributed by atoms with Crippen molar-refractivity contribution in [2.75, 3.05) is 0 Å². The molecule has 0 aliphatic heterocycles. The minimum atomic E-state index is 0.882. The van der Waals surface area contributed by atoms with Gasteiger partial charge in [0, 0.05) is 5.02 Å². The van der Waals surface area contributed by atoms with Gasteiger partial charge < -0.3 is 0 Å². The molecule has 0 bridgehead atoms. The second kappa shape index (κ2) is 3.36. The molecule has 0 spiro atoms. The summed E-state index contributed by atoms with van der Waals surface area (Å²) in [6.45, 7) is 4.27. The first-order chi connectivity index (χ1) is 7.68. The van der Waals surface area contributed by atoms with E-state index in [1.165, 1.54) is 33.4 Å². The highest BCUT2D eigenvalue weighted by Crippen LogP contribution is 2.41. The molecule has 1 aliphatic rings. The van der Waals surface area contributed by atoms with E-state index < -0.39 is 0 Å². The van der Waals surface area contributed by atoms with Gasteiger partial charge in [0.1, 0.15) is 0 Å². The zero-order valence-electron chi connectivity index (χ0n) is 9.47. The Labute approximate surface area is 101 Å². The number of rotatable bonds is 0. The molecule has 0 N–H and O–H groups in total. The van der Waals surface area contributed by atoms with E-state index in [9.17, 15) is 0 Å². The smallest absolute Gasteiger partial charge is 0.0444 e. The fourth-order valence-corrected chi connectivity index (χ4v) is 2.78. The van der Waals surface area contributed by atoms with Crippen LogP contribution in [0.2, 0.25) is 5.02 Å². The second-order valence-corrected chi connectivity index (χ2v) is 4.88. The molecule has 2 aromatic rings. The summed E-state index contributed by atoms with van der Waals surface area (Å²) in [5.74, 6) is 0. The lowest BCUT2D eigenvalue weighted by Gasteiger charge is -2.09. The van der Waals surface area contributed by atoms with Crippen molar-refractivity contribution in [3.63, 3.8) is 0 Å². The zero-order chi connectivity index (χ0) is 11.3. The molecule has 1 aliphatic carbocycles. The van der Waals surface area contributed by atoms with Crippen molar-refractivity contribution in [2.24, 2.45) is 0 Å². The largest absolute Gasteiger partial charge is 0.0840 e. The summed E-state index contributed by atoms with van der Waals surface area (Å²) in [5, 5.41) is 0.882. The van der Waals surface area contributed by atoms with Crippen LogP contribution in [-0.2, 0) is 6.42 Å². The third-order valence-corrected chi connectivity index (χ3v) is 4.04. The maximum Gasteiger partial charge on any atom is 0.0444 e. The van der Waals surface area contributed by atoms with Crippen LogP contribution in [0.25, 0.3) is 11.1 Å². The Bertz CT molecular complexity index is 582. The monoisotopic (exact) mass is 228 g/mol. The molecule has 3 rings (SSSR count). The summed E-state index contributed by atoms with van der Waals surface area (Å²) in [6, 6.07) is 10.7. The molecule has 16 heavy (non-hydrogen) atoms. The number of benzene rings is 2. The van der Waals surface area contributed by atoms with Gasteiger partial charge in [0.2, 0.25) is 0 Å². The third kappa shape index (κ3) is 1.23. The quantitative estimate of drug-likeness (QED) is 0.530. The SMILES string of the molecule is Cc1c(Cl)cc2c(c1C)Cc1ccccc1-2. The zero-order valence-corrected chi connectivity index (χ0v) is 10.2. The molecular weight excluding hydrogens is 216 g/mol. The Kier molecular flexibility index (Phi) is 2.08. The number of halogens is 1. The standard InChI is InChI=1S/C15H13Cl/c1-9-10(2)15(16)8-14-12-6-4-3-5-11(12)7-13(9)14/h3-6,8H,7H2,1-2H3. The molecular formula is C15H13Cl. The molecule has 0 aromatic heterocycles. The normalized spacial score (nSPS) is 12.4. The Balaban J connectivity index is 2.34. The van der Waals surface area contributed by atoms with Crippen molar-refractivity contribution in [3.05, 3.63) is 57.6 Å². The molecule has 1 heteroatoms. The van der Waals surface area contributed by atoms with Crippen LogP contribution in [-0.4, -0.2) is 0 Å². The lowest BCUT2D eigenvalue weighted by molar-refractivity contribution is 1.19. The Hall–Kier alpha value is -1.27. The van der Waals surface area contributed by atoms with Crippen LogP contribution in [0.1, 0.15) is 22.3 Å². The first kappa shape index (κ1) is 9.92. The van der Waals surface area contributed by atoms with Gasteiger partial charge in [-0.05, 0) is 59.7 Å². The van der Waals surface area contributed by atoms with Crippen LogP contribution in [0.3, 0.4) is 0 Å². The molecule has 0 unspecified atom stereocenters. The van der Waals surface area contributed by atoms with E-state index in [1.54, 1.807) is 0 Å². The van der Waals surface area contributed by atoms with Gasteiger partial charge in [0.15, 0.2) is 0 Å². The van der Waals surface area contributed by atoms with E-state index in [-0.39, 0.29) is 0 Å². The molecule has 0 nitrogen and oxygen atoms in total. The van der Waals surface area contributed by atoms with Gasteiger partial charge in [-0.1, -0.05) is 35.9 Å². The lowest BCUT2D eigenvalue weighted by atomic mass is 9.98. The summed E-state index contributed by atoms with van der Waals surface area (Å²) in [6.07, 6.45) is 1.05. The lowest BCUT2D eigenvalue weighted by Crippen LogP contribution is -1.91. The second-order valence-electron chi connectivity index (χ2n) is 4.47. The summed E-state index contributed by atoms with van der Waals surface area (Å²) in [5.41, 5.74) is 8.10. The molecule has 0 amide bonds. The van der Waals surface area contributed by atoms with Crippen LogP contribution >= 0.6 is 11.6 Å². The van der Waals surface area contributed by atoms with Gasteiger partial charge in [-0.25, -0.2) is 0 Å². The maximum absolute atomic E-state index is 6.26. The minimum Gasteiger partial charge on any atom is -0.0840 e. The fourth-order valence-electron chi connectivity index (χ4n) is 2.53. The van der Waals surface area contributed by atoms with Crippen molar-refractivity contribution in [1.82, 2.24) is 0 Å². The molecule has 0 atom stereocenters. The van der Waals surface area contributed by atoms with Crippen molar-refractivity contribution in [1.29, 1.82) is 0 Å². The third-order valence-electron chi connectivity index (χ3n) is 3.64. The van der Waals surface area contributed by atoms with Gasteiger partial charge in [0.05, 0.1) is 0 Å². The summed E-state index contributed by atoms with van der Waals surface area (Å²) in [7, 11) is 0. The van der Waals surface area contributed by atoms with Crippen LogP contribution in [0, 0.1) is 13.8 Å². The molecule has 2 aromatic carbocycles. The van der Waals surface area contributed by atoms with E-state index in [2.05, 4.69) is 44.2 Å². The Morgan fingerprint density at radius 1 is 1.00 bits per heavy atom. The van der Waals surface area contributed by atoms with Crippen molar-refractivity contribution in [3.8, 4) is 11.1 Å². The van der Waals surface area contributed by atoms with E-state index in [0.717, 1.165) is 11.4 Å². The summed E-state index contributed by atoms with van der Waals surface area (Å²) in [4.78, 5) is 0. The van der Waals surface area contributed by atoms with E-state index in [1.807, 2.05) is 0 Å². The molecule has 0 fully saturated rings. The van der Waals surface area contributed by atoms with Gasteiger partial charge in [-0.3, -0.25) is 0 Å². The van der Waals surface area contributed by atoms with Gasteiger partial charge >= 0.3 is 0 Å². The predicted octanol–water partition coefficient (Wildman–Crippen LogP) is 4.53.